The Kier molecular flexibility index (Phi) is 4.84. The number of nitrogens with zero attached hydrogens (tertiary/aromatic N) is 3. The summed E-state index contributed by atoms with van der Waals surface area (Å²) >= 11 is 0. The maximum absolute atomic E-state index is 12.5. The molecule has 0 unspecified atom stereocenters. The zero-order valence-corrected chi connectivity index (χ0v) is 14.7. The van der Waals surface area contributed by atoms with Gasteiger partial charge in [0, 0.05) is 18.8 Å². The molecule has 1 amide bonds. The Hall–Kier alpha value is -3.08. The van der Waals surface area contributed by atoms with Crippen LogP contribution in [0.3, 0.4) is 0 Å². The molecule has 0 spiro atoms. The first-order valence-electron chi connectivity index (χ1n) is 8.23. The highest BCUT2D eigenvalue weighted by molar-refractivity contribution is 5.93. The lowest BCUT2D eigenvalue weighted by molar-refractivity contribution is -0.115. The quantitative estimate of drug-likeness (QED) is 0.776. The average molecular weight is 334 g/mol. The number of carbonyl (C=O) groups excluding carboxylic acids is 1. The Bertz CT molecular complexity index is 870. The Balaban J connectivity index is 1.77. The summed E-state index contributed by atoms with van der Waals surface area (Å²) in [6.45, 7) is 4.21. The van der Waals surface area contributed by atoms with E-state index in [2.05, 4.69) is 10.4 Å². The second kappa shape index (κ2) is 7.21. The van der Waals surface area contributed by atoms with Crippen LogP contribution >= 0.6 is 0 Å². The zero-order chi connectivity index (χ0) is 17.8. The molecule has 1 heterocycles. The molecule has 1 N–H and O–H groups in total. The molecule has 0 bridgehead atoms. The van der Waals surface area contributed by atoms with Crippen LogP contribution in [0.5, 0.6) is 0 Å². The van der Waals surface area contributed by atoms with Gasteiger partial charge in [-0.05, 0) is 37.6 Å². The fraction of sp³-hybridized carbons (Fsp3) is 0.200. The Morgan fingerprint density at radius 2 is 1.76 bits per heavy atom. The number of anilines is 2. The van der Waals surface area contributed by atoms with Gasteiger partial charge in [-0.25, -0.2) is 4.68 Å². The predicted octanol–water partition coefficient (Wildman–Crippen LogP) is 3.56. The van der Waals surface area contributed by atoms with Crippen molar-refractivity contribution < 1.29 is 4.79 Å². The van der Waals surface area contributed by atoms with Crippen molar-refractivity contribution in [1.29, 1.82) is 0 Å². The lowest BCUT2D eigenvalue weighted by atomic mass is 10.2. The SMILES string of the molecule is Cc1cc(NC(=O)CN(C)c2ccccc2)n(-c2ccccc2C)n1. The Labute approximate surface area is 147 Å². The second-order valence-electron chi connectivity index (χ2n) is 6.11. The molecule has 3 aromatic rings. The molecule has 3 rings (SSSR count). The Morgan fingerprint density at radius 3 is 2.48 bits per heavy atom. The molecule has 1 aromatic heterocycles. The number of para-hydroxylation sites is 2. The molecule has 0 saturated carbocycles. The molecule has 0 atom stereocenters. The van der Waals surface area contributed by atoms with Gasteiger partial charge >= 0.3 is 0 Å². The fourth-order valence-corrected chi connectivity index (χ4v) is 2.74. The number of rotatable bonds is 5. The van der Waals surface area contributed by atoms with Crippen LogP contribution in [0.15, 0.2) is 60.7 Å². The van der Waals surface area contributed by atoms with Crippen molar-refractivity contribution in [3.05, 3.63) is 71.9 Å². The van der Waals surface area contributed by atoms with Crippen LogP contribution in [0.2, 0.25) is 0 Å². The first-order chi connectivity index (χ1) is 12.0. The van der Waals surface area contributed by atoms with E-state index in [0.717, 1.165) is 22.6 Å². The van der Waals surface area contributed by atoms with Gasteiger partial charge in [-0.2, -0.15) is 5.10 Å². The van der Waals surface area contributed by atoms with Crippen molar-refractivity contribution in [3.63, 3.8) is 0 Å². The molecule has 0 aliphatic rings. The maximum atomic E-state index is 12.5. The molecule has 2 aromatic carbocycles. The van der Waals surface area contributed by atoms with Crippen molar-refractivity contribution in [1.82, 2.24) is 9.78 Å². The molecule has 0 radical (unpaired) electrons. The van der Waals surface area contributed by atoms with Crippen LogP contribution in [0, 0.1) is 13.8 Å². The first kappa shape index (κ1) is 16.8. The number of nitrogens with one attached hydrogen (secondary N) is 1. The largest absolute Gasteiger partial charge is 0.365 e. The topological polar surface area (TPSA) is 50.2 Å². The monoisotopic (exact) mass is 334 g/mol. The van der Waals surface area contributed by atoms with Crippen LogP contribution in [-0.2, 0) is 4.79 Å². The fourth-order valence-electron chi connectivity index (χ4n) is 2.74. The summed E-state index contributed by atoms with van der Waals surface area (Å²) in [5, 5.41) is 7.50. The molecule has 5 nitrogen and oxygen atoms in total. The van der Waals surface area contributed by atoms with E-state index in [9.17, 15) is 4.79 Å². The molecule has 5 heteroatoms. The van der Waals surface area contributed by atoms with Gasteiger partial charge < -0.3 is 10.2 Å². The third-order valence-corrected chi connectivity index (χ3v) is 4.02. The van der Waals surface area contributed by atoms with Gasteiger partial charge in [0.15, 0.2) is 0 Å². The predicted molar refractivity (Wildman–Crippen MR) is 101 cm³/mol. The van der Waals surface area contributed by atoms with E-state index in [4.69, 9.17) is 0 Å². The summed E-state index contributed by atoms with van der Waals surface area (Å²) in [6.07, 6.45) is 0. The van der Waals surface area contributed by atoms with Gasteiger partial charge in [0.2, 0.25) is 5.91 Å². The first-order valence-corrected chi connectivity index (χ1v) is 8.23. The van der Waals surface area contributed by atoms with E-state index < -0.39 is 0 Å². The summed E-state index contributed by atoms with van der Waals surface area (Å²) in [5.74, 6) is 0.597. The molecular weight excluding hydrogens is 312 g/mol. The highest BCUT2D eigenvalue weighted by Crippen LogP contribution is 2.20. The third kappa shape index (κ3) is 3.88. The highest BCUT2D eigenvalue weighted by atomic mass is 16.2. The lowest BCUT2D eigenvalue weighted by Gasteiger charge is -2.19. The number of hydrogen-bond donors (Lipinski definition) is 1. The smallest absolute Gasteiger partial charge is 0.245 e. The van der Waals surface area contributed by atoms with Gasteiger partial charge in [-0.15, -0.1) is 0 Å². The van der Waals surface area contributed by atoms with E-state index in [1.807, 2.05) is 86.5 Å². The van der Waals surface area contributed by atoms with Crippen molar-refractivity contribution in [2.75, 3.05) is 23.8 Å². The van der Waals surface area contributed by atoms with Gasteiger partial charge in [-0.1, -0.05) is 36.4 Å². The minimum Gasteiger partial charge on any atom is -0.365 e. The van der Waals surface area contributed by atoms with E-state index in [-0.39, 0.29) is 12.5 Å². The highest BCUT2D eigenvalue weighted by Gasteiger charge is 2.13. The van der Waals surface area contributed by atoms with Gasteiger partial charge in [0.05, 0.1) is 17.9 Å². The van der Waals surface area contributed by atoms with Crippen molar-refractivity contribution >= 4 is 17.4 Å². The molecule has 128 valence electrons. The second-order valence-corrected chi connectivity index (χ2v) is 6.11. The summed E-state index contributed by atoms with van der Waals surface area (Å²) < 4.78 is 1.78. The molecule has 0 saturated heterocycles. The van der Waals surface area contributed by atoms with Gasteiger partial charge in [0.25, 0.3) is 0 Å². The molecular formula is C20H22N4O. The molecule has 25 heavy (non-hydrogen) atoms. The number of aryl methyl sites for hydroxylation is 2. The number of benzene rings is 2. The van der Waals surface area contributed by atoms with Crippen LogP contribution < -0.4 is 10.2 Å². The average Bonchev–Trinajstić information content (AvgIpc) is 2.96. The van der Waals surface area contributed by atoms with Crippen LogP contribution in [0.1, 0.15) is 11.3 Å². The van der Waals surface area contributed by atoms with Gasteiger partial charge in [-0.3, -0.25) is 4.79 Å². The molecule has 0 fully saturated rings. The zero-order valence-electron chi connectivity index (χ0n) is 14.7. The summed E-state index contributed by atoms with van der Waals surface area (Å²) in [6, 6.07) is 19.7. The van der Waals surface area contributed by atoms with E-state index in [1.165, 1.54) is 0 Å². The van der Waals surface area contributed by atoms with E-state index >= 15 is 0 Å². The van der Waals surface area contributed by atoms with Crippen LogP contribution in [-0.4, -0.2) is 29.3 Å². The van der Waals surface area contributed by atoms with Crippen molar-refractivity contribution in [2.45, 2.75) is 13.8 Å². The van der Waals surface area contributed by atoms with E-state index in [1.54, 1.807) is 4.68 Å². The number of likely N-dealkylation sites (N-methyl/N-ethyl adjacent to an activating group) is 1. The van der Waals surface area contributed by atoms with E-state index in [0.29, 0.717) is 5.82 Å². The lowest BCUT2D eigenvalue weighted by Crippen LogP contribution is -2.30. The minimum absolute atomic E-state index is 0.0823. The van der Waals surface area contributed by atoms with Gasteiger partial charge in [0.1, 0.15) is 5.82 Å². The summed E-state index contributed by atoms with van der Waals surface area (Å²) in [4.78, 5) is 14.4. The Morgan fingerprint density at radius 1 is 1.08 bits per heavy atom. The number of hydrogen-bond acceptors (Lipinski definition) is 3. The normalized spacial score (nSPS) is 10.5. The number of aromatic nitrogens is 2. The number of carbonyl (C=O) groups is 1. The summed E-state index contributed by atoms with van der Waals surface area (Å²) in [7, 11) is 1.90. The standard InChI is InChI=1S/C20H22N4O/c1-15-9-7-8-12-18(15)24-19(13-16(2)22-24)21-20(25)14-23(3)17-10-5-4-6-11-17/h4-13H,14H2,1-3H3,(H,21,25). The number of amides is 1. The third-order valence-electron chi connectivity index (χ3n) is 4.02. The minimum atomic E-state index is -0.0823. The molecule has 0 aliphatic heterocycles. The maximum Gasteiger partial charge on any atom is 0.245 e. The van der Waals surface area contributed by atoms with Crippen LogP contribution in [0.4, 0.5) is 11.5 Å². The molecule has 0 aliphatic carbocycles. The van der Waals surface area contributed by atoms with Crippen LogP contribution in [0.25, 0.3) is 5.69 Å². The van der Waals surface area contributed by atoms with Crippen molar-refractivity contribution in [2.24, 2.45) is 0 Å². The summed E-state index contributed by atoms with van der Waals surface area (Å²) in [5.41, 5.74) is 3.92. The van der Waals surface area contributed by atoms with Crippen molar-refractivity contribution in [3.8, 4) is 5.69 Å².